The van der Waals surface area contributed by atoms with Gasteiger partial charge < -0.3 is 14.7 Å². The van der Waals surface area contributed by atoms with Gasteiger partial charge in [-0.1, -0.05) is 30.3 Å². The molecule has 0 unspecified atom stereocenters. The number of hydrogen-bond donors (Lipinski definition) is 1. The second-order valence-electron chi connectivity index (χ2n) is 7.93. The minimum absolute atomic E-state index is 0.105. The van der Waals surface area contributed by atoms with Crippen molar-refractivity contribution in [1.29, 1.82) is 0 Å². The number of aryl methyl sites for hydroxylation is 1. The Labute approximate surface area is 170 Å². The van der Waals surface area contributed by atoms with Crippen molar-refractivity contribution in [3.63, 3.8) is 0 Å². The molecule has 0 saturated carbocycles. The van der Waals surface area contributed by atoms with Gasteiger partial charge in [0.1, 0.15) is 5.75 Å². The van der Waals surface area contributed by atoms with E-state index in [1.165, 1.54) is 21.6 Å². The first kappa shape index (κ1) is 19.3. The molecule has 1 N–H and O–H groups in total. The Morgan fingerprint density at radius 3 is 2.75 bits per heavy atom. The number of fused-ring (bicyclic) bond motifs is 2. The Hall–Kier alpha value is -1.98. The number of piperidine rings is 1. The summed E-state index contributed by atoms with van der Waals surface area (Å²) < 4.78 is 6.12. The molecule has 28 heavy (non-hydrogen) atoms. The average molecular weight is 398 g/mol. The molecule has 2 heterocycles. The van der Waals surface area contributed by atoms with Crippen LogP contribution in [0.5, 0.6) is 5.75 Å². The summed E-state index contributed by atoms with van der Waals surface area (Å²) in [6.07, 6.45) is 2.30. The number of carbonyl (C=O) groups is 1. The zero-order valence-electron chi connectivity index (χ0n) is 16.3. The van der Waals surface area contributed by atoms with Gasteiger partial charge in [0.25, 0.3) is 0 Å². The summed E-state index contributed by atoms with van der Waals surface area (Å²) in [5, 5.41) is 8.89. The van der Waals surface area contributed by atoms with Gasteiger partial charge in [-0.25, -0.2) is 0 Å². The molecule has 4 nitrogen and oxygen atoms in total. The summed E-state index contributed by atoms with van der Waals surface area (Å²) in [5.41, 5.74) is 4.15. The van der Waals surface area contributed by atoms with Crippen LogP contribution in [0.15, 0.2) is 47.4 Å². The van der Waals surface area contributed by atoms with Crippen LogP contribution < -0.4 is 4.74 Å². The van der Waals surface area contributed by atoms with Crippen molar-refractivity contribution in [3.8, 4) is 5.75 Å². The highest BCUT2D eigenvalue weighted by molar-refractivity contribution is 7.98. The molecular formula is C23H27NO3S. The molecule has 0 aliphatic carbocycles. The monoisotopic (exact) mass is 397 g/mol. The fraction of sp³-hybridized carbons (Fsp3) is 0.435. The smallest absolute Gasteiger partial charge is 0.304 e. The Morgan fingerprint density at radius 2 is 2.00 bits per heavy atom. The lowest BCUT2D eigenvalue weighted by atomic mass is 9.74. The van der Waals surface area contributed by atoms with E-state index in [1.54, 1.807) is 0 Å². The average Bonchev–Trinajstić information content (AvgIpc) is 3.04. The standard InChI is InChI=1S/C23H27NO3S/c1-17-4-2-3-5-18(17)15-28-19-6-7-20-21(14-19)27-16-23(20)9-12-24(13-10-23)11-8-22(25)26/h2-7,14H,8-13,15-16H2,1H3,(H,25,26). The van der Waals surface area contributed by atoms with Crippen molar-refractivity contribution in [1.82, 2.24) is 4.90 Å². The first-order chi connectivity index (χ1) is 13.6. The number of rotatable bonds is 6. The SMILES string of the molecule is Cc1ccccc1CSc1ccc2c(c1)OCC21CCN(CCC(=O)O)CC1. The Balaban J connectivity index is 1.40. The molecule has 2 aromatic rings. The molecule has 148 valence electrons. The topological polar surface area (TPSA) is 49.8 Å². The molecule has 1 spiro atoms. The molecule has 0 radical (unpaired) electrons. The molecule has 0 aromatic heterocycles. The Bertz CT molecular complexity index is 859. The van der Waals surface area contributed by atoms with Crippen LogP contribution in [-0.4, -0.2) is 42.2 Å². The van der Waals surface area contributed by atoms with E-state index in [1.807, 2.05) is 11.8 Å². The Morgan fingerprint density at radius 1 is 1.21 bits per heavy atom. The number of ether oxygens (including phenoxy) is 1. The highest BCUT2D eigenvalue weighted by Gasteiger charge is 2.43. The number of carboxylic acid groups (broad SMARTS) is 1. The maximum absolute atomic E-state index is 10.8. The van der Waals surface area contributed by atoms with Crippen LogP contribution in [0.2, 0.25) is 0 Å². The third kappa shape index (κ3) is 4.06. The van der Waals surface area contributed by atoms with E-state index in [9.17, 15) is 4.79 Å². The quantitative estimate of drug-likeness (QED) is 0.728. The molecule has 1 fully saturated rings. The Kier molecular flexibility index (Phi) is 5.65. The number of hydrogen-bond acceptors (Lipinski definition) is 4. The van der Waals surface area contributed by atoms with Gasteiger partial charge in [0, 0.05) is 28.2 Å². The summed E-state index contributed by atoms with van der Waals surface area (Å²) in [6, 6.07) is 15.2. The summed E-state index contributed by atoms with van der Waals surface area (Å²) in [5.74, 6) is 1.29. The molecule has 5 heteroatoms. The van der Waals surface area contributed by atoms with Crippen molar-refractivity contribution in [2.75, 3.05) is 26.2 Å². The molecular weight excluding hydrogens is 370 g/mol. The largest absolute Gasteiger partial charge is 0.492 e. The first-order valence-electron chi connectivity index (χ1n) is 9.95. The lowest BCUT2D eigenvalue weighted by Crippen LogP contribution is -2.44. The second kappa shape index (κ2) is 8.18. The lowest BCUT2D eigenvalue weighted by Gasteiger charge is -2.38. The van der Waals surface area contributed by atoms with E-state index >= 15 is 0 Å². The number of nitrogens with zero attached hydrogens (tertiary/aromatic N) is 1. The number of likely N-dealkylation sites (tertiary alicyclic amines) is 1. The molecule has 2 aliphatic heterocycles. The molecule has 2 aromatic carbocycles. The van der Waals surface area contributed by atoms with Gasteiger partial charge >= 0.3 is 5.97 Å². The van der Waals surface area contributed by atoms with Crippen LogP contribution >= 0.6 is 11.8 Å². The minimum atomic E-state index is -0.717. The van der Waals surface area contributed by atoms with Crippen LogP contribution in [-0.2, 0) is 16.0 Å². The van der Waals surface area contributed by atoms with E-state index in [0.717, 1.165) is 44.0 Å². The fourth-order valence-electron chi connectivity index (χ4n) is 4.25. The van der Waals surface area contributed by atoms with Gasteiger partial charge in [-0.2, -0.15) is 0 Å². The van der Waals surface area contributed by atoms with E-state index in [4.69, 9.17) is 9.84 Å². The number of carboxylic acids is 1. The second-order valence-corrected chi connectivity index (χ2v) is 8.98. The molecule has 0 atom stereocenters. The van der Waals surface area contributed by atoms with Crippen LogP contribution in [0.1, 0.15) is 36.0 Å². The zero-order chi connectivity index (χ0) is 19.6. The van der Waals surface area contributed by atoms with Crippen molar-refractivity contribution >= 4 is 17.7 Å². The maximum Gasteiger partial charge on any atom is 0.304 e. The van der Waals surface area contributed by atoms with Crippen molar-refractivity contribution in [3.05, 3.63) is 59.2 Å². The summed E-state index contributed by atoms with van der Waals surface area (Å²) in [4.78, 5) is 14.3. The summed E-state index contributed by atoms with van der Waals surface area (Å²) >= 11 is 1.85. The maximum atomic E-state index is 10.8. The van der Waals surface area contributed by atoms with Gasteiger partial charge in [0.15, 0.2) is 0 Å². The summed E-state index contributed by atoms with van der Waals surface area (Å²) in [7, 11) is 0. The van der Waals surface area contributed by atoms with E-state index < -0.39 is 5.97 Å². The third-order valence-electron chi connectivity index (χ3n) is 6.14. The van der Waals surface area contributed by atoms with E-state index in [0.29, 0.717) is 6.54 Å². The van der Waals surface area contributed by atoms with E-state index in [2.05, 4.69) is 54.3 Å². The van der Waals surface area contributed by atoms with Gasteiger partial charge in [-0.3, -0.25) is 4.79 Å². The highest BCUT2D eigenvalue weighted by atomic mass is 32.2. The molecule has 4 rings (SSSR count). The number of benzene rings is 2. The van der Waals surface area contributed by atoms with Crippen molar-refractivity contribution < 1.29 is 14.6 Å². The predicted molar refractivity (Wildman–Crippen MR) is 112 cm³/mol. The predicted octanol–water partition coefficient (Wildman–Crippen LogP) is 4.49. The van der Waals surface area contributed by atoms with Gasteiger partial charge in [-0.05, 0) is 56.1 Å². The molecule has 1 saturated heterocycles. The highest BCUT2D eigenvalue weighted by Crippen LogP contribution is 2.46. The molecule has 0 bridgehead atoms. The van der Waals surface area contributed by atoms with Crippen LogP contribution in [0.4, 0.5) is 0 Å². The fourth-order valence-corrected chi connectivity index (χ4v) is 5.25. The lowest BCUT2D eigenvalue weighted by molar-refractivity contribution is -0.137. The zero-order valence-corrected chi connectivity index (χ0v) is 17.1. The van der Waals surface area contributed by atoms with Gasteiger partial charge in [0.05, 0.1) is 13.0 Å². The van der Waals surface area contributed by atoms with Gasteiger partial charge in [-0.15, -0.1) is 11.8 Å². The number of aliphatic carboxylic acids is 1. The van der Waals surface area contributed by atoms with E-state index in [-0.39, 0.29) is 11.8 Å². The van der Waals surface area contributed by atoms with Crippen molar-refractivity contribution in [2.24, 2.45) is 0 Å². The number of thioether (sulfide) groups is 1. The first-order valence-corrected chi connectivity index (χ1v) is 10.9. The van der Waals surface area contributed by atoms with Crippen LogP contribution in [0, 0.1) is 6.92 Å². The van der Waals surface area contributed by atoms with Crippen LogP contribution in [0.3, 0.4) is 0 Å². The molecule has 0 amide bonds. The van der Waals surface area contributed by atoms with Crippen molar-refractivity contribution in [2.45, 2.75) is 42.2 Å². The summed E-state index contributed by atoms with van der Waals surface area (Å²) in [6.45, 7) is 5.45. The minimum Gasteiger partial charge on any atom is -0.492 e. The molecule has 2 aliphatic rings. The van der Waals surface area contributed by atoms with Crippen LogP contribution in [0.25, 0.3) is 0 Å². The normalized spacial score (nSPS) is 18.0. The van der Waals surface area contributed by atoms with Gasteiger partial charge in [0.2, 0.25) is 0 Å². The third-order valence-corrected chi connectivity index (χ3v) is 7.18.